The van der Waals surface area contributed by atoms with Crippen LogP contribution in [0, 0.1) is 0 Å². The van der Waals surface area contributed by atoms with Crippen molar-refractivity contribution in [3.63, 3.8) is 0 Å². The van der Waals surface area contributed by atoms with E-state index in [0.29, 0.717) is 0 Å². The van der Waals surface area contributed by atoms with Gasteiger partial charge in [-0.3, -0.25) is 0 Å². The molecule has 1 aromatic rings. The van der Waals surface area contributed by atoms with Gasteiger partial charge in [0.1, 0.15) is 0 Å². The second-order valence-electron chi connectivity index (χ2n) is 2.57. The van der Waals surface area contributed by atoms with Crippen LogP contribution in [0.3, 0.4) is 0 Å². The SMILES string of the molecule is C[N+](C)C(=[Te])c1ccccc1. The Morgan fingerprint density at radius 1 is 1.18 bits per heavy atom. The van der Waals surface area contributed by atoms with Crippen LogP contribution in [0.2, 0.25) is 0 Å². The summed E-state index contributed by atoms with van der Waals surface area (Å²) >= 11 is 2.05. The maximum absolute atomic E-state index is 2.12. The van der Waals surface area contributed by atoms with Crippen LogP contribution in [0.4, 0.5) is 0 Å². The zero-order chi connectivity index (χ0) is 8.27. The predicted molar refractivity (Wildman–Crippen MR) is 50.3 cm³/mol. The Morgan fingerprint density at radius 2 is 1.73 bits per heavy atom. The van der Waals surface area contributed by atoms with E-state index in [1.807, 2.05) is 27.9 Å². The van der Waals surface area contributed by atoms with Gasteiger partial charge < -0.3 is 0 Å². The molecule has 0 atom stereocenters. The second kappa shape index (κ2) is 4.01. The summed E-state index contributed by atoms with van der Waals surface area (Å²) in [6.07, 6.45) is 0. The Bertz CT molecular complexity index is 241. The van der Waals surface area contributed by atoms with Crippen LogP contribution in [-0.2, 0) is 0 Å². The van der Waals surface area contributed by atoms with Gasteiger partial charge in [-0.15, -0.1) is 0 Å². The molecule has 0 heterocycles. The fraction of sp³-hybridized carbons (Fsp3) is 0.222. The van der Waals surface area contributed by atoms with E-state index in [2.05, 4.69) is 43.3 Å². The van der Waals surface area contributed by atoms with Crippen molar-refractivity contribution in [3.8, 4) is 0 Å². The van der Waals surface area contributed by atoms with Crippen molar-refractivity contribution in [3.05, 3.63) is 35.9 Å². The van der Waals surface area contributed by atoms with Gasteiger partial charge in [0.15, 0.2) is 0 Å². The minimum absolute atomic E-state index is 1.29. The third-order valence-corrected chi connectivity index (χ3v) is 3.14. The summed E-state index contributed by atoms with van der Waals surface area (Å²) in [4.78, 5) is 2.12. The zero-order valence-corrected chi connectivity index (χ0v) is 9.07. The van der Waals surface area contributed by atoms with Crippen LogP contribution < -0.4 is 4.90 Å². The first-order valence-electron chi connectivity index (χ1n) is 3.48. The topological polar surface area (TPSA) is 5.90 Å². The van der Waals surface area contributed by atoms with Gasteiger partial charge in [0.05, 0.1) is 0 Å². The average Bonchev–Trinajstić information content (AvgIpc) is 2.05. The molecule has 0 fully saturated rings. The molecule has 1 rings (SSSR count). The van der Waals surface area contributed by atoms with Gasteiger partial charge in [0, 0.05) is 0 Å². The summed E-state index contributed by atoms with van der Waals surface area (Å²) in [5, 5.41) is 0. The van der Waals surface area contributed by atoms with E-state index in [4.69, 9.17) is 0 Å². The van der Waals surface area contributed by atoms with Crippen molar-refractivity contribution in [1.82, 2.24) is 4.90 Å². The molecule has 0 saturated carbocycles. The van der Waals surface area contributed by atoms with E-state index < -0.39 is 0 Å². The minimum atomic E-state index is 1.29. The molecule has 57 valence electrons. The first-order chi connectivity index (χ1) is 5.22. The van der Waals surface area contributed by atoms with Crippen LogP contribution >= 0.6 is 0 Å². The van der Waals surface area contributed by atoms with Crippen molar-refractivity contribution in [1.29, 1.82) is 0 Å². The third kappa shape index (κ3) is 2.41. The summed E-state index contributed by atoms with van der Waals surface area (Å²) in [5.41, 5.74) is 1.29. The molecule has 1 aromatic carbocycles. The van der Waals surface area contributed by atoms with Crippen molar-refractivity contribution in [2.75, 3.05) is 14.1 Å². The molecule has 0 amide bonds. The first kappa shape index (κ1) is 8.93. The average molecular weight is 261 g/mol. The summed E-state index contributed by atoms with van der Waals surface area (Å²) in [7, 11) is 4.12. The van der Waals surface area contributed by atoms with E-state index in [0.717, 1.165) is 0 Å². The van der Waals surface area contributed by atoms with Gasteiger partial charge in [-0.1, -0.05) is 0 Å². The Balaban J connectivity index is 2.86. The quantitative estimate of drug-likeness (QED) is 0.546. The second-order valence-corrected chi connectivity index (χ2v) is 3.67. The molecule has 11 heavy (non-hydrogen) atoms. The predicted octanol–water partition coefficient (Wildman–Crippen LogP) is 0.733. The van der Waals surface area contributed by atoms with Gasteiger partial charge in [-0.25, -0.2) is 0 Å². The van der Waals surface area contributed by atoms with E-state index in [1.54, 1.807) is 0 Å². The Labute approximate surface area is 80.4 Å². The Morgan fingerprint density at radius 3 is 2.18 bits per heavy atom. The van der Waals surface area contributed by atoms with Crippen LogP contribution in [-0.4, -0.2) is 39.6 Å². The monoisotopic (exact) mass is 263 g/mol. The summed E-state index contributed by atoms with van der Waals surface area (Å²) < 4.78 is 1.31. The molecular weight excluding hydrogens is 250 g/mol. The van der Waals surface area contributed by atoms with Crippen molar-refractivity contribution >= 4 is 25.5 Å². The van der Waals surface area contributed by atoms with Crippen LogP contribution in [0.1, 0.15) is 5.56 Å². The van der Waals surface area contributed by atoms with Crippen LogP contribution in [0.15, 0.2) is 30.3 Å². The molecule has 1 radical (unpaired) electrons. The van der Waals surface area contributed by atoms with Crippen LogP contribution in [0.25, 0.3) is 0 Å². The molecular formula is C9H11NTe+. The standard InChI is InChI=1S/C9H11NTe/c1-10(2)9(11)8-6-4-3-5-7-8/h3-7H,1-2H3/q+1. The molecule has 0 aliphatic heterocycles. The van der Waals surface area contributed by atoms with E-state index in [9.17, 15) is 0 Å². The number of hydrogen-bond donors (Lipinski definition) is 0. The summed E-state index contributed by atoms with van der Waals surface area (Å²) in [6.45, 7) is 0. The van der Waals surface area contributed by atoms with E-state index >= 15 is 0 Å². The Kier molecular flexibility index (Phi) is 3.26. The van der Waals surface area contributed by atoms with Crippen LogP contribution in [0.5, 0.6) is 0 Å². The third-order valence-electron chi connectivity index (χ3n) is 1.43. The fourth-order valence-electron chi connectivity index (χ4n) is 0.839. The maximum atomic E-state index is 2.12. The molecule has 0 bridgehead atoms. The van der Waals surface area contributed by atoms with E-state index in [-0.39, 0.29) is 0 Å². The molecule has 0 aliphatic rings. The molecule has 0 spiro atoms. The molecule has 0 unspecified atom stereocenters. The normalized spacial score (nSPS) is 10.1. The number of nitrogens with zero attached hydrogens (tertiary/aromatic N) is 1. The number of rotatable bonds is 2. The first-order valence-corrected chi connectivity index (χ1v) is 4.65. The summed E-state index contributed by atoms with van der Waals surface area (Å²) in [6, 6.07) is 10.4. The fourth-order valence-corrected chi connectivity index (χ4v) is 1.23. The molecule has 0 saturated heterocycles. The molecule has 0 N–H and O–H groups in total. The zero-order valence-electron chi connectivity index (χ0n) is 6.74. The van der Waals surface area contributed by atoms with Gasteiger partial charge in [-0.05, 0) is 0 Å². The Hall–Kier alpha value is -0.160. The number of hydrogen-bond acceptors (Lipinski definition) is 1. The summed E-state index contributed by atoms with van der Waals surface area (Å²) in [5.74, 6) is 0. The van der Waals surface area contributed by atoms with Gasteiger partial charge in [0.2, 0.25) is 0 Å². The van der Waals surface area contributed by atoms with Crippen molar-refractivity contribution < 1.29 is 0 Å². The van der Waals surface area contributed by atoms with E-state index in [1.165, 1.54) is 9.24 Å². The molecule has 0 aromatic heterocycles. The van der Waals surface area contributed by atoms with Gasteiger partial charge in [-0.2, -0.15) is 0 Å². The van der Waals surface area contributed by atoms with Gasteiger partial charge in [0.25, 0.3) is 0 Å². The van der Waals surface area contributed by atoms with Crippen molar-refractivity contribution in [2.24, 2.45) is 0 Å². The number of benzene rings is 1. The molecule has 1 nitrogen and oxygen atoms in total. The molecule has 0 aliphatic carbocycles. The van der Waals surface area contributed by atoms with Crippen molar-refractivity contribution in [2.45, 2.75) is 0 Å². The molecule has 2 heteroatoms. The van der Waals surface area contributed by atoms with Gasteiger partial charge >= 0.3 is 80.4 Å².